The average molecular weight is 249 g/mol. The Hall–Kier alpha value is -2.32. The predicted molar refractivity (Wildman–Crippen MR) is 79.4 cm³/mol. The van der Waals surface area contributed by atoms with Gasteiger partial charge in [-0.3, -0.25) is 0 Å². The maximum atomic E-state index is 8.97. The molecule has 1 aromatic heterocycles. The molecule has 0 fully saturated rings. The number of para-hydroxylation sites is 2. The number of fused-ring (bicyclic) bond motifs is 1. The normalized spacial score (nSPS) is 11.4. The third-order valence-corrected chi connectivity index (χ3v) is 3.15. The van der Waals surface area contributed by atoms with E-state index in [9.17, 15) is 0 Å². The van der Waals surface area contributed by atoms with Crippen molar-refractivity contribution in [1.82, 2.24) is 4.57 Å². The fourth-order valence-corrected chi connectivity index (χ4v) is 2.34. The van der Waals surface area contributed by atoms with Crippen LogP contribution in [0.2, 0.25) is 0 Å². The van der Waals surface area contributed by atoms with E-state index in [4.69, 9.17) is 5.11 Å². The quantitative estimate of drug-likeness (QED) is 0.753. The highest BCUT2D eigenvalue weighted by Gasteiger charge is 2.07. The van der Waals surface area contributed by atoms with Gasteiger partial charge in [0.1, 0.15) is 0 Å². The van der Waals surface area contributed by atoms with Gasteiger partial charge in [0.2, 0.25) is 0 Å². The van der Waals surface area contributed by atoms with Crippen LogP contribution in [-0.4, -0.2) is 16.3 Å². The van der Waals surface area contributed by atoms with E-state index < -0.39 is 0 Å². The van der Waals surface area contributed by atoms with Gasteiger partial charge < -0.3 is 9.67 Å². The summed E-state index contributed by atoms with van der Waals surface area (Å²) in [6.07, 6.45) is 3.71. The van der Waals surface area contributed by atoms with Crippen molar-refractivity contribution in [2.75, 3.05) is 6.61 Å². The van der Waals surface area contributed by atoms with Gasteiger partial charge in [-0.25, -0.2) is 0 Å². The van der Waals surface area contributed by atoms with E-state index in [1.807, 2.05) is 36.4 Å². The lowest BCUT2D eigenvalue weighted by Crippen LogP contribution is -1.95. The van der Waals surface area contributed by atoms with Crippen LogP contribution in [0.25, 0.3) is 22.7 Å². The van der Waals surface area contributed by atoms with Gasteiger partial charge in [0.05, 0.1) is 12.1 Å². The first-order valence-electron chi connectivity index (χ1n) is 6.33. The Morgan fingerprint density at radius 3 is 2.47 bits per heavy atom. The molecule has 0 aliphatic rings. The number of rotatable bonds is 3. The molecular formula is C17H15NO. The van der Waals surface area contributed by atoms with E-state index in [0.717, 1.165) is 11.4 Å². The Labute approximate surface area is 112 Å². The molecule has 0 bridgehead atoms. The van der Waals surface area contributed by atoms with Gasteiger partial charge in [0.25, 0.3) is 0 Å². The van der Waals surface area contributed by atoms with E-state index in [-0.39, 0.29) is 6.61 Å². The molecule has 3 aromatic rings. The molecule has 3 rings (SSSR count). The Balaban J connectivity index is 2.27. The van der Waals surface area contributed by atoms with Crippen LogP contribution in [0.5, 0.6) is 0 Å². The number of aliphatic hydroxyl groups excluding tert-OH is 1. The van der Waals surface area contributed by atoms with Crippen molar-refractivity contribution in [3.8, 4) is 5.69 Å². The summed E-state index contributed by atoms with van der Waals surface area (Å²) in [6.45, 7) is 0.0519. The lowest BCUT2D eigenvalue weighted by Gasteiger charge is -2.08. The van der Waals surface area contributed by atoms with Crippen molar-refractivity contribution in [3.63, 3.8) is 0 Å². The molecular weight excluding hydrogens is 234 g/mol. The molecule has 94 valence electrons. The zero-order valence-corrected chi connectivity index (χ0v) is 10.5. The van der Waals surface area contributed by atoms with Gasteiger partial charge in [-0.1, -0.05) is 42.5 Å². The first-order chi connectivity index (χ1) is 9.40. The average Bonchev–Trinajstić information content (AvgIpc) is 2.84. The Bertz CT molecular complexity index is 710. The smallest absolute Gasteiger partial charge is 0.0616 e. The molecule has 0 saturated heterocycles. The third kappa shape index (κ3) is 2.18. The van der Waals surface area contributed by atoms with Crippen molar-refractivity contribution >= 4 is 17.0 Å². The largest absolute Gasteiger partial charge is 0.392 e. The molecule has 0 radical (unpaired) electrons. The molecule has 2 heteroatoms. The summed E-state index contributed by atoms with van der Waals surface area (Å²) in [6, 6.07) is 20.7. The zero-order valence-electron chi connectivity index (χ0n) is 10.5. The summed E-state index contributed by atoms with van der Waals surface area (Å²) in [4.78, 5) is 0. The van der Waals surface area contributed by atoms with E-state index >= 15 is 0 Å². The van der Waals surface area contributed by atoms with Crippen molar-refractivity contribution < 1.29 is 5.11 Å². The fraction of sp³-hybridized carbons (Fsp3) is 0.0588. The zero-order chi connectivity index (χ0) is 13.1. The van der Waals surface area contributed by atoms with Crippen molar-refractivity contribution in [2.24, 2.45) is 0 Å². The van der Waals surface area contributed by atoms with Gasteiger partial charge in [0.15, 0.2) is 0 Å². The molecule has 1 N–H and O–H groups in total. The minimum atomic E-state index is 0.0519. The second-order valence-electron chi connectivity index (χ2n) is 4.38. The Kier molecular flexibility index (Phi) is 3.17. The summed E-state index contributed by atoms with van der Waals surface area (Å²) in [5.41, 5.74) is 3.37. The van der Waals surface area contributed by atoms with E-state index in [0.29, 0.717) is 0 Å². The van der Waals surface area contributed by atoms with Gasteiger partial charge in [-0.05, 0) is 30.3 Å². The lowest BCUT2D eigenvalue weighted by molar-refractivity contribution is 0.343. The fourth-order valence-electron chi connectivity index (χ4n) is 2.34. The van der Waals surface area contributed by atoms with Gasteiger partial charge in [-0.2, -0.15) is 0 Å². The lowest BCUT2D eigenvalue weighted by atomic mass is 10.2. The number of hydrogen-bond donors (Lipinski definition) is 1. The molecule has 19 heavy (non-hydrogen) atoms. The van der Waals surface area contributed by atoms with E-state index in [1.54, 1.807) is 6.08 Å². The van der Waals surface area contributed by atoms with Gasteiger partial charge in [0, 0.05) is 16.8 Å². The van der Waals surface area contributed by atoms with Crippen LogP contribution in [-0.2, 0) is 0 Å². The highest BCUT2D eigenvalue weighted by atomic mass is 16.2. The van der Waals surface area contributed by atoms with Crippen LogP contribution in [0.4, 0.5) is 0 Å². The van der Waals surface area contributed by atoms with Crippen LogP contribution in [0.3, 0.4) is 0 Å². The van der Waals surface area contributed by atoms with Crippen molar-refractivity contribution in [3.05, 3.63) is 72.4 Å². The second-order valence-corrected chi connectivity index (χ2v) is 4.38. The molecule has 0 spiro atoms. The van der Waals surface area contributed by atoms with Crippen LogP contribution in [0.1, 0.15) is 5.69 Å². The third-order valence-electron chi connectivity index (χ3n) is 3.15. The van der Waals surface area contributed by atoms with Crippen LogP contribution < -0.4 is 0 Å². The second kappa shape index (κ2) is 5.12. The monoisotopic (exact) mass is 249 g/mol. The first kappa shape index (κ1) is 11.8. The number of aliphatic hydroxyl groups is 1. The van der Waals surface area contributed by atoms with Crippen LogP contribution in [0.15, 0.2) is 66.7 Å². The highest BCUT2D eigenvalue weighted by molar-refractivity contribution is 5.85. The summed E-state index contributed by atoms with van der Waals surface area (Å²) < 4.78 is 2.20. The molecule has 1 heterocycles. The summed E-state index contributed by atoms with van der Waals surface area (Å²) in [7, 11) is 0. The summed E-state index contributed by atoms with van der Waals surface area (Å²) in [5.74, 6) is 0. The Morgan fingerprint density at radius 1 is 0.947 bits per heavy atom. The molecule has 0 saturated carbocycles. The SMILES string of the molecule is OC/C=C/c1cc2ccccc2n1-c1ccccc1. The van der Waals surface area contributed by atoms with Crippen molar-refractivity contribution in [1.29, 1.82) is 0 Å². The molecule has 0 unspecified atom stereocenters. The number of aromatic nitrogens is 1. The topological polar surface area (TPSA) is 25.2 Å². The maximum Gasteiger partial charge on any atom is 0.0616 e. The number of nitrogens with zero attached hydrogens (tertiary/aromatic N) is 1. The van der Waals surface area contributed by atoms with E-state index in [2.05, 4.69) is 34.9 Å². The molecule has 2 aromatic carbocycles. The van der Waals surface area contributed by atoms with E-state index in [1.165, 1.54) is 10.9 Å². The minimum Gasteiger partial charge on any atom is -0.392 e. The van der Waals surface area contributed by atoms with Crippen molar-refractivity contribution in [2.45, 2.75) is 0 Å². The summed E-state index contributed by atoms with van der Waals surface area (Å²) in [5, 5.41) is 10.2. The molecule has 0 atom stereocenters. The minimum absolute atomic E-state index is 0.0519. The molecule has 0 aliphatic carbocycles. The van der Waals surface area contributed by atoms with Crippen LogP contribution in [0, 0.1) is 0 Å². The Morgan fingerprint density at radius 2 is 1.68 bits per heavy atom. The van der Waals surface area contributed by atoms with Crippen LogP contribution >= 0.6 is 0 Å². The predicted octanol–water partition coefficient (Wildman–Crippen LogP) is 3.64. The number of hydrogen-bond acceptors (Lipinski definition) is 1. The highest BCUT2D eigenvalue weighted by Crippen LogP contribution is 2.25. The van der Waals surface area contributed by atoms with Gasteiger partial charge in [-0.15, -0.1) is 0 Å². The number of benzene rings is 2. The molecule has 0 aliphatic heterocycles. The first-order valence-corrected chi connectivity index (χ1v) is 6.33. The molecule has 2 nitrogen and oxygen atoms in total. The van der Waals surface area contributed by atoms with Gasteiger partial charge >= 0.3 is 0 Å². The summed E-state index contributed by atoms with van der Waals surface area (Å²) >= 11 is 0. The molecule has 0 amide bonds. The standard InChI is InChI=1S/C17H15NO/c19-12-6-10-16-13-14-7-4-5-11-17(14)18(16)15-8-2-1-3-9-15/h1-11,13,19H,12H2/b10-6+. The maximum absolute atomic E-state index is 8.97.